The van der Waals surface area contributed by atoms with Crippen LogP contribution in [0.25, 0.3) is 16.9 Å². The second kappa shape index (κ2) is 10.0. The average Bonchev–Trinajstić information content (AvgIpc) is 3.33. The second-order valence-electron chi connectivity index (χ2n) is 8.74. The number of amides is 1. The molecule has 7 nitrogen and oxygen atoms in total. The Morgan fingerprint density at radius 1 is 1.03 bits per heavy atom. The van der Waals surface area contributed by atoms with Crippen LogP contribution in [0.15, 0.2) is 60.8 Å². The van der Waals surface area contributed by atoms with Crippen molar-refractivity contribution in [2.45, 2.75) is 12.7 Å². The quantitative estimate of drug-likeness (QED) is 0.363. The molecule has 5 rings (SSSR count). The lowest BCUT2D eigenvalue weighted by Gasteiger charge is -2.34. The van der Waals surface area contributed by atoms with Gasteiger partial charge < -0.3 is 9.64 Å². The van der Waals surface area contributed by atoms with Crippen molar-refractivity contribution in [3.63, 3.8) is 0 Å². The van der Waals surface area contributed by atoms with Gasteiger partial charge in [0.2, 0.25) is 0 Å². The van der Waals surface area contributed by atoms with Crippen LogP contribution >= 0.6 is 11.6 Å². The van der Waals surface area contributed by atoms with Gasteiger partial charge in [0.25, 0.3) is 5.91 Å². The van der Waals surface area contributed by atoms with E-state index in [-0.39, 0.29) is 16.9 Å². The third-order valence-electron chi connectivity index (χ3n) is 6.36. The molecule has 0 atom stereocenters. The summed E-state index contributed by atoms with van der Waals surface area (Å²) in [4.78, 5) is 21.6. The molecule has 0 saturated carbocycles. The van der Waals surface area contributed by atoms with Gasteiger partial charge in [-0.15, -0.1) is 0 Å². The molecule has 1 aliphatic rings. The number of halogens is 4. The number of carbonyl (C=O) groups excluding carboxylic acids is 1. The van der Waals surface area contributed by atoms with E-state index in [1.807, 2.05) is 24.3 Å². The van der Waals surface area contributed by atoms with Gasteiger partial charge >= 0.3 is 6.18 Å². The first-order valence-electron chi connectivity index (χ1n) is 11.6. The van der Waals surface area contributed by atoms with Crippen LogP contribution in [0.1, 0.15) is 21.6 Å². The lowest BCUT2D eigenvalue weighted by molar-refractivity contribution is -0.142. The number of ether oxygens (including phenoxy) is 1. The highest BCUT2D eigenvalue weighted by atomic mass is 35.5. The summed E-state index contributed by atoms with van der Waals surface area (Å²) in [5, 5.41) is 4.56. The van der Waals surface area contributed by atoms with Crippen molar-refractivity contribution in [3.8, 4) is 17.0 Å². The van der Waals surface area contributed by atoms with Crippen molar-refractivity contribution in [3.05, 3.63) is 82.6 Å². The minimum atomic E-state index is -4.69. The van der Waals surface area contributed by atoms with E-state index >= 15 is 0 Å². The number of piperazine rings is 1. The average molecular weight is 530 g/mol. The molecule has 0 radical (unpaired) electrons. The maximum Gasteiger partial charge on any atom is 0.433 e. The molecule has 1 aliphatic heterocycles. The third-order valence-corrected chi connectivity index (χ3v) is 6.61. The molecule has 37 heavy (non-hydrogen) atoms. The summed E-state index contributed by atoms with van der Waals surface area (Å²) in [6, 6.07) is 15.1. The van der Waals surface area contributed by atoms with Crippen molar-refractivity contribution in [2.75, 3.05) is 33.3 Å². The zero-order chi connectivity index (χ0) is 26.2. The van der Waals surface area contributed by atoms with E-state index < -0.39 is 17.8 Å². The summed E-state index contributed by atoms with van der Waals surface area (Å²) >= 11 is 5.95. The molecule has 192 valence electrons. The Morgan fingerprint density at radius 2 is 1.70 bits per heavy atom. The SMILES string of the molecule is COc1ccc(-c2cc(C(F)(F)F)n3ncc(C(=O)N4CCN(Cc5ccc(Cl)cc5)CC4)c3n2)cc1. The second-order valence-corrected chi connectivity index (χ2v) is 9.18. The van der Waals surface area contributed by atoms with Crippen molar-refractivity contribution in [1.29, 1.82) is 0 Å². The van der Waals surface area contributed by atoms with Crippen LogP contribution in [-0.4, -0.2) is 63.6 Å². The van der Waals surface area contributed by atoms with Gasteiger partial charge in [0, 0.05) is 43.3 Å². The molecular weight excluding hydrogens is 507 g/mol. The van der Waals surface area contributed by atoms with Crippen LogP contribution in [-0.2, 0) is 12.7 Å². The first-order chi connectivity index (χ1) is 17.7. The molecule has 1 amide bonds. The fraction of sp³-hybridized carbons (Fsp3) is 0.269. The Hall–Kier alpha value is -3.63. The predicted molar refractivity (Wildman–Crippen MR) is 133 cm³/mol. The lowest BCUT2D eigenvalue weighted by atomic mass is 10.1. The molecule has 4 aromatic rings. The number of hydrogen-bond acceptors (Lipinski definition) is 5. The van der Waals surface area contributed by atoms with Gasteiger partial charge in [-0.2, -0.15) is 18.3 Å². The highest BCUT2D eigenvalue weighted by molar-refractivity contribution is 6.30. The number of aromatic nitrogens is 3. The number of fused-ring (bicyclic) bond motifs is 1. The Labute approximate surface area is 216 Å². The van der Waals surface area contributed by atoms with Crippen molar-refractivity contribution >= 4 is 23.2 Å². The molecule has 0 spiro atoms. The van der Waals surface area contributed by atoms with Crippen LogP contribution in [0.5, 0.6) is 5.75 Å². The summed E-state index contributed by atoms with van der Waals surface area (Å²) in [7, 11) is 1.50. The number of carbonyl (C=O) groups is 1. The fourth-order valence-electron chi connectivity index (χ4n) is 4.35. The highest BCUT2D eigenvalue weighted by Crippen LogP contribution is 2.33. The van der Waals surface area contributed by atoms with Crippen molar-refractivity contribution in [1.82, 2.24) is 24.4 Å². The molecule has 0 unspecified atom stereocenters. The van der Waals surface area contributed by atoms with Gasteiger partial charge in [0.1, 0.15) is 11.3 Å². The van der Waals surface area contributed by atoms with Crippen LogP contribution in [0.4, 0.5) is 13.2 Å². The first kappa shape index (κ1) is 25.0. The molecule has 3 heterocycles. The number of nitrogens with zero attached hydrogens (tertiary/aromatic N) is 5. The number of methoxy groups -OCH3 is 1. The van der Waals surface area contributed by atoms with Gasteiger partial charge in [0.15, 0.2) is 11.3 Å². The monoisotopic (exact) mass is 529 g/mol. The van der Waals surface area contributed by atoms with Crippen LogP contribution in [0, 0.1) is 0 Å². The van der Waals surface area contributed by atoms with E-state index in [9.17, 15) is 18.0 Å². The third kappa shape index (κ3) is 5.26. The van der Waals surface area contributed by atoms with E-state index in [2.05, 4.69) is 15.0 Å². The van der Waals surface area contributed by atoms with Gasteiger partial charge in [-0.05, 0) is 48.0 Å². The minimum Gasteiger partial charge on any atom is -0.497 e. The van der Waals surface area contributed by atoms with Crippen LogP contribution in [0.2, 0.25) is 5.02 Å². The Morgan fingerprint density at radius 3 is 2.32 bits per heavy atom. The highest BCUT2D eigenvalue weighted by Gasteiger charge is 2.36. The molecule has 2 aromatic heterocycles. The molecule has 0 bridgehead atoms. The maximum absolute atomic E-state index is 13.9. The summed E-state index contributed by atoms with van der Waals surface area (Å²) in [5.74, 6) is 0.171. The Kier molecular flexibility index (Phi) is 6.78. The number of hydrogen-bond donors (Lipinski definition) is 0. The molecule has 11 heteroatoms. The van der Waals surface area contributed by atoms with Crippen LogP contribution < -0.4 is 4.74 Å². The van der Waals surface area contributed by atoms with E-state index in [0.717, 1.165) is 24.4 Å². The predicted octanol–water partition coefficient (Wildman–Crippen LogP) is 5.04. The number of alkyl halides is 3. The summed E-state index contributed by atoms with van der Waals surface area (Å²) in [6.45, 7) is 2.86. The van der Waals surface area contributed by atoms with E-state index in [1.165, 1.54) is 7.11 Å². The lowest BCUT2D eigenvalue weighted by Crippen LogP contribution is -2.48. The summed E-state index contributed by atoms with van der Waals surface area (Å²) in [6.07, 6.45) is -3.53. The van der Waals surface area contributed by atoms with E-state index in [4.69, 9.17) is 16.3 Å². The smallest absolute Gasteiger partial charge is 0.433 e. The molecular formula is C26H23ClF3N5O2. The van der Waals surface area contributed by atoms with Gasteiger partial charge in [0.05, 0.1) is 19.0 Å². The zero-order valence-electron chi connectivity index (χ0n) is 19.9. The first-order valence-corrected chi connectivity index (χ1v) is 12.0. The largest absolute Gasteiger partial charge is 0.497 e. The number of benzene rings is 2. The Balaban J connectivity index is 1.40. The Bertz CT molecular complexity index is 1410. The summed E-state index contributed by atoms with van der Waals surface area (Å²) < 4.78 is 47.6. The van der Waals surface area contributed by atoms with E-state index in [1.54, 1.807) is 29.2 Å². The van der Waals surface area contributed by atoms with Gasteiger partial charge in [-0.1, -0.05) is 23.7 Å². The normalized spacial score (nSPS) is 14.8. The molecule has 1 saturated heterocycles. The van der Waals surface area contributed by atoms with E-state index in [0.29, 0.717) is 47.0 Å². The molecule has 1 fully saturated rings. The topological polar surface area (TPSA) is 63.0 Å². The van der Waals surface area contributed by atoms with Gasteiger partial charge in [-0.25, -0.2) is 9.50 Å². The zero-order valence-corrected chi connectivity index (χ0v) is 20.6. The summed E-state index contributed by atoms with van der Waals surface area (Å²) in [5.41, 5.74) is 0.562. The fourth-order valence-corrected chi connectivity index (χ4v) is 4.48. The standard InChI is InChI=1S/C26H23ClF3N5O2/c1-37-20-8-4-18(5-9-20)22-14-23(26(28,29)30)35-24(32-22)21(15-31-35)25(36)34-12-10-33(11-13-34)16-17-2-6-19(27)7-3-17/h2-9,14-15H,10-13,16H2,1H3. The van der Waals surface area contributed by atoms with Gasteiger partial charge in [-0.3, -0.25) is 9.69 Å². The molecule has 0 N–H and O–H groups in total. The van der Waals surface area contributed by atoms with Crippen molar-refractivity contribution in [2.24, 2.45) is 0 Å². The molecule has 2 aromatic carbocycles. The van der Waals surface area contributed by atoms with Crippen molar-refractivity contribution < 1.29 is 22.7 Å². The minimum absolute atomic E-state index is 0.0343. The van der Waals surface area contributed by atoms with Crippen LogP contribution in [0.3, 0.4) is 0 Å². The maximum atomic E-state index is 13.9. The number of rotatable bonds is 5. The molecule has 0 aliphatic carbocycles.